The Morgan fingerprint density at radius 2 is 1.83 bits per heavy atom. The van der Waals surface area contributed by atoms with Gasteiger partial charge in [-0.25, -0.2) is 9.37 Å². The van der Waals surface area contributed by atoms with Crippen molar-refractivity contribution in [3.8, 4) is 0 Å². The summed E-state index contributed by atoms with van der Waals surface area (Å²) in [5.41, 5.74) is 8.53. The van der Waals surface area contributed by atoms with E-state index in [1.54, 1.807) is 12.1 Å². The topological polar surface area (TPSA) is 53.1 Å². The molecule has 0 bridgehead atoms. The standard InChI is InChI=1S/C18H20FN3O/c19-15-7-5-14(6-8-15)13-18-21-16-3-1-2-4-17(16)22(18)10-12-23-11-9-20/h1-8H,9-13,20H2. The van der Waals surface area contributed by atoms with E-state index in [0.717, 1.165) is 29.0 Å². The quantitative estimate of drug-likeness (QED) is 0.682. The molecule has 4 nitrogen and oxygen atoms in total. The van der Waals surface area contributed by atoms with Gasteiger partial charge in [0, 0.05) is 19.5 Å². The van der Waals surface area contributed by atoms with E-state index >= 15 is 0 Å². The third-order valence-corrected chi connectivity index (χ3v) is 3.73. The van der Waals surface area contributed by atoms with Crippen LogP contribution in [0.1, 0.15) is 11.4 Å². The number of halogens is 1. The normalized spacial score (nSPS) is 11.2. The van der Waals surface area contributed by atoms with Crippen LogP contribution in [0.25, 0.3) is 11.0 Å². The number of rotatable bonds is 7. The van der Waals surface area contributed by atoms with E-state index in [2.05, 4.69) is 10.6 Å². The zero-order chi connectivity index (χ0) is 16.1. The summed E-state index contributed by atoms with van der Waals surface area (Å²) in [6.07, 6.45) is 0.659. The molecule has 0 amide bonds. The highest BCUT2D eigenvalue weighted by Gasteiger charge is 2.11. The molecule has 0 aliphatic heterocycles. The van der Waals surface area contributed by atoms with Gasteiger partial charge >= 0.3 is 0 Å². The third kappa shape index (κ3) is 3.75. The van der Waals surface area contributed by atoms with Gasteiger partial charge in [0.15, 0.2) is 0 Å². The molecule has 0 aliphatic rings. The molecule has 0 unspecified atom stereocenters. The van der Waals surface area contributed by atoms with Crippen molar-refractivity contribution in [2.45, 2.75) is 13.0 Å². The fourth-order valence-electron chi connectivity index (χ4n) is 2.64. The second kappa shape index (κ2) is 7.35. The highest BCUT2D eigenvalue weighted by Crippen LogP contribution is 2.18. The van der Waals surface area contributed by atoms with E-state index in [4.69, 9.17) is 15.5 Å². The van der Waals surface area contributed by atoms with Gasteiger partial charge in [-0.3, -0.25) is 0 Å². The van der Waals surface area contributed by atoms with E-state index in [0.29, 0.717) is 26.2 Å². The molecule has 1 aromatic heterocycles. The molecule has 0 radical (unpaired) electrons. The highest BCUT2D eigenvalue weighted by atomic mass is 19.1. The molecule has 0 saturated carbocycles. The Morgan fingerprint density at radius 3 is 2.61 bits per heavy atom. The fourth-order valence-corrected chi connectivity index (χ4v) is 2.64. The number of imidazole rings is 1. The Labute approximate surface area is 134 Å². The molecule has 2 N–H and O–H groups in total. The summed E-state index contributed by atoms with van der Waals surface area (Å²) >= 11 is 0. The molecule has 5 heteroatoms. The third-order valence-electron chi connectivity index (χ3n) is 3.73. The van der Waals surface area contributed by atoms with Gasteiger partial charge in [0.05, 0.1) is 24.2 Å². The largest absolute Gasteiger partial charge is 0.378 e. The first kappa shape index (κ1) is 15.6. The van der Waals surface area contributed by atoms with Gasteiger partial charge in [-0.05, 0) is 29.8 Å². The number of para-hydroxylation sites is 2. The minimum Gasteiger partial charge on any atom is -0.378 e. The molecule has 0 atom stereocenters. The van der Waals surface area contributed by atoms with Crippen LogP contribution < -0.4 is 5.73 Å². The summed E-state index contributed by atoms with van der Waals surface area (Å²) in [4.78, 5) is 4.72. The van der Waals surface area contributed by atoms with E-state index in [1.165, 1.54) is 12.1 Å². The van der Waals surface area contributed by atoms with Gasteiger partial charge in [0.2, 0.25) is 0 Å². The number of nitrogens with zero attached hydrogens (tertiary/aromatic N) is 2. The molecule has 0 fully saturated rings. The zero-order valence-corrected chi connectivity index (χ0v) is 12.9. The summed E-state index contributed by atoms with van der Waals surface area (Å²) < 4.78 is 20.7. The van der Waals surface area contributed by atoms with Crippen molar-refractivity contribution in [3.05, 3.63) is 65.7 Å². The van der Waals surface area contributed by atoms with Gasteiger partial charge in [-0.1, -0.05) is 24.3 Å². The zero-order valence-electron chi connectivity index (χ0n) is 12.9. The molecular weight excluding hydrogens is 293 g/mol. The second-order valence-electron chi connectivity index (χ2n) is 5.37. The Morgan fingerprint density at radius 1 is 1.04 bits per heavy atom. The number of fused-ring (bicyclic) bond motifs is 1. The second-order valence-corrected chi connectivity index (χ2v) is 5.37. The molecule has 0 aliphatic carbocycles. The van der Waals surface area contributed by atoms with Gasteiger partial charge < -0.3 is 15.0 Å². The maximum atomic E-state index is 13.1. The number of hydrogen-bond donors (Lipinski definition) is 1. The van der Waals surface area contributed by atoms with Crippen molar-refractivity contribution in [2.75, 3.05) is 19.8 Å². The summed E-state index contributed by atoms with van der Waals surface area (Å²) in [6.45, 7) is 2.39. The molecule has 3 aromatic rings. The van der Waals surface area contributed by atoms with Crippen LogP contribution in [0.5, 0.6) is 0 Å². The predicted molar refractivity (Wildman–Crippen MR) is 88.8 cm³/mol. The number of aromatic nitrogens is 2. The minimum atomic E-state index is -0.225. The lowest BCUT2D eigenvalue weighted by atomic mass is 10.1. The molecule has 0 spiro atoms. The van der Waals surface area contributed by atoms with Crippen LogP contribution in [0.2, 0.25) is 0 Å². The van der Waals surface area contributed by atoms with E-state index < -0.39 is 0 Å². The molecule has 23 heavy (non-hydrogen) atoms. The van der Waals surface area contributed by atoms with Crippen molar-refractivity contribution < 1.29 is 9.13 Å². The Balaban J connectivity index is 1.86. The summed E-state index contributed by atoms with van der Waals surface area (Å²) in [6, 6.07) is 14.6. The summed E-state index contributed by atoms with van der Waals surface area (Å²) in [7, 11) is 0. The first-order valence-corrected chi connectivity index (χ1v) is 7.74. The SMILES string of the molecule is NCCOCCn1c(Cc2ccc(F)cc2)nc2ccccc21. The average Bonchev–Trinajstić information content (AvgIpc) is 2.91. The Kier molecular flexibility index (Phi) is 5.00. The lowest BCUT2D eigenvalue weighted by molar-refractivity contribution is 0.133. The summed E-state index contributed by atoms with van der Waals surface area (Å²) in [5.74, 6) is 0.728. The Bertz CT molecular complexity index is 768. The van der Waals surface area contributed by atoms with Crippen LogP contribution in [-0.2, 0) is 17.7 Å². The van der Waals surface area contributed by atoms with Crippen molar-refractivity contribution in [1.29, 1.82) is 0 Å². The highest BCUT2D eigenvalue weighted by molar-refractivity contribution is 5.76. The van der Waals surface area contributed by atoms with E-state index in [-0.39, 0.29) is 5.82 Å². The molecular formula is C18H20FN3O. The molecule has 0 saturated heterocycles. The van der Waals surface area contributed by atoms with Crippen molar-refractivity contribution in [2.24, 2.45) is 5.73 Å². The maximum absolute atomic E-state index is 13.1. The van der Waals surface area contributed by atoms with Crippen molar-refractivity contribution in [1.82, 2.24) is 9.55 Å². The molecule has 120 valence electrons. The van der Waals surface area contributed by atoms with Gasteiger partial charge in [0.1, 0.15) is 11.6 Å². The van der Waals surface area contributed by atoms with Crippen LogP contribution in [-0.4, -0.2) is 29.3 Å². The molecule has 3 rings (SSSR count). The average molecular weight is 313 g/mol. The molecule has 1 heterocycles. The molecule has 2 aromatic carbocycles. The number of nitrogens with two attached hydrogens (primary N) is 1. The van der Waals surface area contributed by atoms with Gasteiger partial charge in [-0.2, -0.15) is 0 Å². The number of ether oxygens (including phenoxy) is 1. The maximum Gasteiger partial charge on any atom is 0.123 e. The van der Waals surface area contributed by atoms with Gasteiger partial charge in [0.25, 0.3) is 0 Å². The van der Waals surface area contributed by atoms with E-state index in [9.17, 15) is 4.39 Å². The lowest BCUT2D eigenvalue weighted by Crippen LogP contribution is -2.14. The predicted octanol–water partition coefficient (Wildman–Crippen LogP) is 2.74. The van der Waals surface area contributed by atoms with Crippen LogP contribution >= 0.6 is 0 Å². The number of hydrogen-bond acceptors (Lipinski definition) is 3. The smallest absolute Gasteiger partial charge is 0.123 e. The van der Waals surface area contributed by atoms with Gasteiger partial charge in [-0.15, -0.1) is 0 Å². The van der Waals surface area contributed by atoms with Crippen LogP contribution in [0, 0.1) is 5.82 Å². The monoisotopic (exact) mass is 313 g/mol. The fraction of sp³-hybridized carbons (Fsp3) is 0.278. The van der Waals surface area contributed by atoms with E-state index in [1.807, 2.05) is 18.2 Å². The Hall–Kier alpha value is -2.24. The summed E-state index contributed by atoms with van der Waals surface area (Å²) in [5, 5.41) is 0. The minimum absolute atomic E-state index is 0.225. The van der Waals surface area contributed by atoms with Crippen molar-refractivity contribution in [3.63, 3.8) is 0 Å². The first-order valence-electron chi connectivity index (χ1n) is 7.74. The first-order chi connectivity index (χ1) is 11.3. The van der Waals surface area contributed by atoms with Crippen LogP contribution in [0.15, 0.2) is 48.5 Å². The number of benzene rings is 2. The lowest BCUT2D eigenvalue weighted by Gasteiger charge is -2.10. The van der Waals surface area contributed by atoms with Crippen LogP contribution in [0.4, 0.5) is 4.39 Å². The van der Waals surface area contributed by atoms with Crippen molar-refractivity contribution >= 4 is 11.0 Å². The van der Waals surface area contributed by atoms with Crippen LogP contribution in [0.3, 0.4) is 0 Å².